The van der Waals surface area contributed by atoms with Crippen LogP contribution in [0.4, 0.5) is 0 Å². The second-order valence-corrected chi connectivity index (χ2v) is 18.0. The molecule has 28 heteroatoms. The second-order valence-electron chi connectivity index (χ2n) is 18.0. The number of H-pyrrole nitrogens is 4. The van der Waals surface area contributed by atoms with Gasteiger partial charge in [-0.3, -0.25) is 77.9 Å². The molecule has 0 radical (unpaired) electrons. The number of halogens is 4. The van der Waals surface area contributed by atoms with Gasteiger partial charge in [0.15, 0.2) is 0 Å². The van der Waals surface area contributed by atoms with Gasteiger partial charge in [0.1, 0.15) is 49.6 Å². The maximum Gasteiger partial charge on any atom is 0.261 e. The fourth-order valence-electron chi connectivity index (χ4n) is 10.2. The van der Waals surface area contributed by atoms with Crippen molar-refractivity contribution in [3.8, 4) is 0 Å². The van der Waals surface area contributed by atoms with Gasteiger partial charge in [0.05, 0.1) is 26.2 Å². The molecule has 0 atom stereocenters. The molecule has 424 valence electrons. The van der Waals surface area contributed by atoms with E-state index in [1.807, 2.05) is 68.4 Å². The number of aryl methyl sites for hydroxylation is 4. The lowest BCUT2D eigenvalue weighted by Crippen LogP contribution is -3.00. The van der Waals surface area contributed by atoms with E-state index in [4.69, 9.17) is 0 Å². The number of carbonyl (C=O) groups excluding carboxylic acids is 8. The average molecular weight is 1180 g/mol. The Morgan fingerprint density at radius 3 is 0.588 bits per heavy atom. The van der Waals surface area contributed by atoms with Gasteiger partial charge in [-0.25, -0.2) is 18.3 Å². The number of imide groups is 4. The second kappa shape index (κ2) is 27.6. The van der Waals surface area contributed by atoms with E-state index in [-0.39, 0.29) is 97.7 Å². The molecule has 8 heterocycles. The highest BCUT2D eigenvalue weighted by molar-refractivity contribution is 6.34. The molecule has 0 unspecified atom stereocenters. The smallest absolute Gasteiger partial charge is 0.261 e. The van der Waals surface area contributed by atoms with Gasteiger partial charge >= 0.3 is 0 Å². The van der Waals surface area contributed by atoms with Crippen LogP contribution in [-0.4, -0.2) is 135 Å². The number of amides is 8. The first-order valence-electron chi connectivity index (χ1n) is 23.8. The number of hydrogen-bond acceptors (Lipinski definition) is 8. The lowest BCUT2D eigenvalue weighted by Gasteiger charge is -2.31. The largest absolute Gasteiger partial charge is 1.00 e. The van der Waals surface area contributed by atoms with Gasteiger partial charge in [-0.2, -0.15) is 0 Å². The van der Waals surface area contributed by atoms with E-state index >= 15 is 0 Å². The van der Waals surface area contributed by atoms with Crippen molar-refractivity contribution in [2.45, 2.75) is 51.9 Å². The number of carbonyl (C=O) groups is 8. The molecule has 4 aliphatic heterocycles. The van der Waals surface area contributed by atoms with Crippen molar-refractivity contribution >= 4 is 68.8 Å². The molecule has 0 spiro atoms. The first kappa shape index (κ1) is 66.1. The summed E-state index contributed by atoms with van der Waals surface area (Å²) in [6.07, 6.45) is 24.4. The third-order valence-electron chi connectivity index (χ3n) is 13.7. The highest BCUT2D eigenvalue weighted by Crippen LogP contribution is 2.39. The lowest BCUT2D eigenvalue weighted by atomic mass is 9.86. The number of rotatable bonds is 16. The molecule has 4 aliphatic rings. The summed E-state index contributed by atoms with van der Waals surface area (Å²) in [4.78, 5) is 123. The van der Waals surface area contributed by atoms with Crippen LogP contribution in [0.15, 0.2) is 123 Å². The molecule has 0 bridgehead atoms. The molecule has 0 saturated carbocycles. The molecule has 80 heavy (non-hydrogen) atoms. The van der Waals surface area contributed by atoms with Crippen LogP contribution < -0.4 is 67.9 Å². The number of aromatic nitrogens is 8. The number of aromatic amines is 4. The summed E-state index contributed by atoms with van der Waals surface area (Å²) in [6.45, 7) is 3.70. The number of hydrogen-bond donors (Lipinski definition) is 4. The van der Waals surface area contributed by atoms with E-state index < -0.39 is 47.3 Å². The predicted molar refractivity (Wildman–Crippen MR) is 266 cm³/mol. The number of imidazole rings is 4. The van der Waals surface area contributed by atoms with Crippen molar-refractivity contribution in [3.63, 3.8) is 0 Å². The Balaban J connectivity index is 0.000000382. The maximum absolute atomic E-state index is 13.3. The zero-order chi connectivity index (χ0) is 49.6. The van der Waals surface area contributed by atoms with Crippen LogP contribution in [-0.2, 0) is 26.2 Å². The normalized spacial score (nSPS) is 13.4. The minimum Gasteiger partial charge on any atom is -1.00 e. The van der Waals surface area contributed by atoms with Crippen LogP contribution in [0.25, 0.3) is 21.5 Å². The molecular weight excluding hydrogens is 1130 g/mol. The van der Waals surface area contributed by atoms with E-state index in [0.29, 0.717) is 118 Å². The zero-order valence-corrected chi connectivity index (χ0v) is 45.4. The molecule has 8 aromatic rings. The average Bonchev–Trinajstić information content (AvgIpc) is 4.27. The Hall–Kier alpha value is -8.20. The minimum absolute atomic E-state index is 0. The van der Waals surface area contributed by atoms with Crippen molar-refractivity contribution in [2.24, 2.45) is 0 Å². The maximum atomic E-state index is 13.3. The molecular formula is C52H56Cl4N12O12. The zero-order valence-electron chi connectivity index (χ0n) is 42.4. The van der Waals surface area contributed by atoms with Gasteiger partial charge in [0, 0.05) is 118 Å². The predicted octanol–water partition coefficient (Wildman–Crippen LogP) is -12.4. The quantitative estimate of drug-likeness (QED) is 0.0531. The van der Waals surface area contributed by atoms with Gasteiger partial charge in [-0.1, -0.05) is 0 Å². The Morgan fingerprint density at radius 1 is 0.287 bits per heavy atom. The standard InChI is InChI=1S/2C26H22N6O4.4ClH.4H2O/c2*33-23-17-3-5-19-22-20(26(36)32(25(19)35)12-2-10-30-14-8-28-16-30)6-4-18(21(17)22)24(34)31(23)11-1-9-29-13-7-27-15-29;;;;;;;;/h2*3-8,13-16H,1-2,9-12H2;4*1H;4*1H2. The third-order valence-corrected chi connectivity index (χ3v) is 13.7. The van der Waals surface area contributed by atoms with Crippen LogP contribution >= 0.6 is 0 Å². The van der Waals surface area contributed by atoms with Crippen LogP contribution in [0.1, 0.15) is 109 Å². The van der Waals surface area contributed by atoms with Crippen molar-refractivity contribution in [1.29, 1.82) is 0 Å². The van der Waals surface area contributed by atoms with Crippen molar-refractivity contribution in [1.82, 2.24) is 39.5 Å². The molecule has 4 aromatic heterocycles. The summed E-state index contributed by atoms with van der Waals surface area (Å²) in [5.41, 5.74) is 2.76. The summed E-state index contributed by atoms with van der Waals surface area (Å²) >= 11 is 0. The first-order valence-corrected chi connectivity index (χ1v) is 23.8. The van der Waals surface area contributed by atoms with E-state index in [0.717, 1.165) is 0 Å². The Kier molecular flexibility index (Phi) is 22.8. The summed E-state index contributed by atoms with van der Waals surface area (Å²) in [7, 11) is 0. The van der Waals surface area contributed by atoms with E-state index in [1.165, 1.54) is 19.6 Å². The van der Waals surface area contributed by atoms with Crippen LogP contribution in [0.3, 0.4) is 0 Å². The third kappa shape index (κ3) is 11.7. The summed E-state index contributed by atoms with van der Waals surface area (Å²) < 4.78 is 7.77. The molecule has 24 nitrogen and oxygen atoms in total. The van der Waals surface area contributed by atoms with Crippen molar-refractivity contribution in [3.05, 3.63) is 168 Å². The molecule has 0 aliphatic carbocycles. The Morgan fingerprint density at radius 2 is 0.450 bits per heavy atom. The summed E-state index contributed by atoms with van der Waals surface area (Å²) in [5, 5.41) is 1.61. The van der Waals surface area contributed by atoms with E-state index in [9.17, 15) is 38.4 Å². The highest BCUT2D eigenvalue weighted by atomic mass is 35.5. The fraction of sp³-hybridized carbons (Fsp3) is 0.231. The monoisotopic (exact) mass is 1180 g/mol. The summed E-state index contributed by atoms with van der Waals surface area (Å²) in [6, 6.07) is 12.9. The van der Waals surface area contributed by atoms with Crippen molar-refractivity contribution in [2.75, 3.05) is 26.2 Å². The molecule has 0 fully saturated rings. The Bertz CT molecular complexity index is 2940. The number of nitrogens with zero attached hydrogens (tertiary/aromatic N) is 8. The molecule has 12 rings (SSSR count). The molecule has 4 aromatic carbocycles. The minimum atomic E-state index is -0.402. The highest BCUT2D eigenvalue weighted by Gasteiger charge is 2.41. The van der Waals surface area contributed by atoms with Crippen molar-refractivity contribution < 1.29 is 128 Å². The van der Waals surface area contributed by atoms with E-state index in [2.05, 4.69) is 19.9 Å². The number of benzene rings is 4. The van der Waals surface area contributed by atoms with E-state index in [1.54, 1.807) is 73.3 Å². The van der Waals surface area contributed by atoms with Crippen LogP contribution in [0.5, 0.6) is 0 Å². The lowest BCUT2D eigenvalue weighted by molar-refractivity contribution is -0.696. The van der Waals surface area contributed by atoms with Gasteiger partial charge in [-0.05, 0) is 48.5 Å². The molecule has 8 amide bonds. The van der Waals surface area contributed by atoms with Crippen LogP contribution in [0.2, 0.25) is 0 Å². The number of nitrogens with one attached hydrogen (secondary N) is 4. The summed E-state index contributed by atoms with van der Waals surface area (Å²) in [5.74, 6) is -3.21. The molecule has 0 saturated heterocycles. The van der Waals surface area contributed by atoms with Gasteiger partial charge in [-0.15, -0.1) is 0 Å². The molecule has 12 N–H and O–H groups in total. The first-order chi connectivity index (χ1) is 35.1. The SMILES string of the molecule is O.O.O.O.O=C1c2ccc3c4c(ccc(c24)C(=O)N1CCC[n+]1cc[nH]c1)C(=O)N(CCC[n+]1cc[nH]c1)C3=O.O=C1c2ccc3c4c(ccc(c24)C(=O)N1CCC[n+]1cc[nH]c1)C(=O)N(CCC[n+]1cc[nH]c1)C3=O.[Cl-].[Cl-].[Cl-].[Cl-]. The Labute approximate surface area is 480 Å². The van der Waals surface area contributed by atoms with Gasteiger partial charge in [0.2, 0.25) is 25.3 Å². The van der Waals surface area contributed by atoms with Gasteiger partial charge < -0.3 is 71.5 Å². The fourth-order valence-corrected chi connectivity index (χ4v) is 10.2. The van der Waals surface area contributed by atoms with Crippen LogP contribution in [0, 0.1) is 0 Å². The topological polar surface area (TPSA) is 354 Å². The van der Waals surface area contributed by atoms with Gasteiger partial charge in [0.25, 0.3) is 47.3 Å².